The van der Waals surface area contributed by atoms with Gasteiger partial charge in [-0.05, 0) is 73.8 Å². The fraction of sp³-hybridized carbons (Fsp3) is 0.389. The molecular weight excluding hydrogens is 609 g/mol. The lowest BCUT2D eigenvalue weighted by atomic mass is 9.90. The third-order valence-electron chi connectivity index (χ3n) is 9.03. The highest BCUT2D eigenvalue weighted by atomic mass is 19.4. The molecule has 11 heteroatoms. The quantitative estimate of drug-likeness (QED) is 0.165. The lowest BCUT2D eigenvalue weighted by Gasteiger charge is -2.32. The van der Waals surface area contributed by atoms with Gasteiger partial charge in [0.1, 0.15) is 11.6 Å². The van der Waals surface area contributed by atoms with Gasteiger partial charge >= 0.3 is 6.18 Å². The van der Waals surface area contributed by atoms with E-state index in [4.69, 9.17) is 9.15 Å². The van der Waals surface area contributed by atoms with Crippen molar-refractivity contribution in [2.45, 2.75) is 51.1 Å². The van der Waals surface area contributed by atoms with Crippen molar-refractivity contribution >= 4 is 23.4 Å². The van der Waals surface area contributed by atoms with Crippen molar-refractivity contribution in [2.75, 3.05) is 42.6 Å². The second-order valence-electron chi connectivity index (χ2n) is 12.3. The van der Waals surface area contributed by atoms with E-state index in [-0.39, 0.29) is 18.2 Å². The molecule has 2 fully saturated rings. The summed E-state index contributed by atoms with van der Waals surface area (Å²) in [5.74, 6) is 0.374. The van der Waals surface area contributed by atoms with E-state index in [9.17, 15) is 22.8 Å². The third-order valence-corrected chi connectivity index (χ3v) is 9.03. The Labute approximate surface area is 271 Å². The van der Waals surface area contributed by atoms with Crippen LogP contribution in [0, 0.1) is 5.92 Å². The Bertz CT molecular complexity index is 1670. The number of piperidine rings is 2. The highest BCUT2D eigenvalue weighted by Crippen LogP contribution is 2.37. The summed E-state index contributed by atoms with van der Waals surface area (Å²) in [6.45, 7) is 4.51. The van der Waals surface area contributed by atoms with E-state index in [0.717, 1.165) is 44.6 Å². The molecule has 2 aliphatic rings. The summed E-state index contributed by atoms with van der Waals surface area (Å²) in [4.78, 5) is 37.1. The number of hydrogen-bond donors (Lipinski definition) is 0. The second-order valence-corrected chi connectivity index (χ2v) is 12.3. The number of para-hydroxylation sites is 1. The molecule has 0 aliphatic carbocycles. The van der Waals surface area contributed by atoms with E-state index in [1.54, 1.807) is 23.1 Å². The van der Waals surface area contributed by atoms with Crippen LogP contribution < -0.4 is 14.5 Å². The van der Waals surface area contributed by atoms with E-state index in [1.807, 2.05) is 36.4 Å². The molecule has 2 aromatic heterocycles. The van der Waals surface area contributed by atoms with Crippen molar-refractivity contribution in [1.82, 2.24) is 9.97 Å². The Kier molecular flexibility index (Phi) is 9.60. The maximum Gasteiger partial charge on any atom is 0.437 e. The summed E-state index contributed by atoms with van der Waals surface area (Å²) in [6, 6.07) is 20.6. The number of nitrogens with zero attached hydrogens (tertiary/aromatic N) is 4. The molecule has 0 spiro atoms. The van der Waals surface area contributed by atoms with Crippen LogP contribution in [0.15, 0.2) is 77.3 Å². The molecule has 4 heterocycles. The van der Waals surface area contributed by atoms with Crippen LogP contribution in [0.25, 0.3) is 0 Å². The van der Waals surface area contributed by atoms with E-state index in [2.05, 4.69) is 27.0 Å². The first-order valence-electron chi connectivity index (χ1n) is 16.0. The zero-order valence-electron chi connectivity index (χ0n) is 26.2. The Morgan fingerprint density at radius 2 is 1.57 bits per heavy atom. The Balaban J connectivity index is 1.04. The predicted molar refractivity (Wildman–Crippen MR) is 171 cm³/mol. The minimum Gasteiger partial charge on any atom is -0.493 e. The molecular formula is C36H37F3N4O4. The lowest BCUT2D eigenvalue weighted by Crippen LogP contribution is -2.36. The van der Waals surface area contributed by atoms with Crippen LogP contribution in [-0.2, 0) is 12.6 Å². The normalized spacial score (nSPS) is 16.3. The van der Waals surface area contributed by atoms with Crippen molar-refractivity contribution in [1.29, 1.82) is 0 Å². The van der Waals surface area contributed by atoms with Gasteiger partial charge in [-0.15, -0.1) is 0 Å². The summed E-state index contributed by atoms with van der Waals surface area (Å²) in [7, 11) is 0. The number of rotatable bonds is 10. The van der Waals surface area contributed by atoms with Crippen LogP contribution in [0.1, 0.15) is 76.3 Å². The van der Waals surface area contributed by atoms with Crippen molar-refractivity contribution in [3.05, 3.63) is 101 Å². The molecule has 0 saturated carbocycles. The van der Waals surface area contributed by atoms with Crippen LogP contribution >= 0.6 is 0 Å². The molecule has 246 valence electrons. The van der Waals surface area contributed by atoms with Gasteiger partial charge in [-0.1, -0.05) is 48.5 Å². The van der Waals surface area contributed by atoms with Crippen molar-refractivity contribution in [2.24, 2.45) is 5.92 Å². The summed E-state index contributed by atoms with van der Waals surface area (Å²) in [5.41, 5.74) is 0.976. The van der Waals surface area contributed by atoms with Gasteiger partial charge in [0, 0.05) is 38.8 Å². The topological polar surface area (TPSA) is 88.8 Å². The third kappa shape index (κ3) is 7.66. The number of oxazole rings is 1. The van der Waals surface area contributed by atoms with E-state index < -0.39 is 23.4 Å². The van der Waals surface area contributed by atoms with Gasteiger partial charge in [0.05, 0.1) is 12.2 Å². The van der Waals surface area contributed by atoms with E-state index >= 15 is 0 Å². The first-order valence-corrected chi connectivity index (χ1v) is 16.0. The first-order chi connectivity index (χ1) is 22.7. The molecule has 0 radical (unpaired) electrons. The number of ketones is 2. The molecule has 0 N–H and O–H groups in total. The van der Waals surface area contributed by atoms with Gasteiger partial charge in [-0.25, -0.2) is 4.98 Å². The van der Waals surface area contributed by atoms with Crippen LogP contribution in [0.4, 0.5) is 25.0 Å². The lowest BCUT2D eigenvalue weighted by molar-refractivity contribution is -0.141. The highest BCUT2D eigenvalue weighted by molar-refractivity contribution is 5.97. The number of aromatic nitrogens is 2. The Morgan fingerprint density at radius 3 is 2.23 bits per heavy atom. The fourth-order valence-electron chi connectivity index (χ4n) is 6.35. The summed E-state index contributed by atoms with van der Waals surface area (Å²) < 4.78 is 53.4. The molecule has 47 heavy (non-hydrogen) atoms. The van der Waals surface area contributed by atoms with Gasteiger partial charge in [-0.2, -0.15) is 18.2 Å². The largest absolute Gasteiger partial charge is 0.493 e. The van der Waals surface area contributed by atoms with Crippen molar-refractivity contribution in [3.8, 4) is 5.75 Å². The average Bonchev–Trinajstić information content (AvgIpc) is 3.56. The number of ether oxygens (including phenoxy) is 1. The Morgan fingerprint density at radius 1 is 0.894 bits per heavy atom. The number of benzene rings is 2. The minimum absolute atomic E-state index is 0.0344. The number of carbonyl (C=O) groups excluding carboxylic acids is 2. The molecule has 6 rings (SSSR count). The number of Topliss-reactive ketones (excluding diaryl/α,β-unsaturated/α-hetero) is 2. The highest BCUT2D eigenvalue weighted by Gasteiger charge is 2.42. The minimum atomic E-state index is -4.83. The maximum atomic E-state index is 13.9. The standard InChI is InChI=1S/C36H37F3N4O4/c1-24(44)29-9-5-6-10-31(29)46-23-25-13-17-42(18-14-25)32-12-11-26(22-40-32)21-30(45)33-34(36(37,38)39)41-35(47-33)43-19-15-28(16-20-43)27-7-3-2-4-8-27/h2-12,22,25,28H,13-21,23H2,1H3. The number of anilines is 2. The number of carbonyl (C=O) groups is 2. The zero-order valence-corrected chi connectivity index (χ0v) is 26.2. The zero-order chi connectivity index (χ0) is 33.0. The van der Waals surface area contributed by atoms with Gasteiger partial charge < -0.3 is 19.0 Å². The van der Waals surface area contributed by atoms with E-state index in [1.165, 1.54) is 18.7 Å². The van der Waals surface area contributed by atoms with Gasteiger partial charge in [0.15, 0.2) is 11.5 Å². The molecule has 2 saturated heterocycles. The number of pyridine rings is 1. The second kappa shape index (κ2) is 14.0. The van der Waals surface area contributed by atoms with Crippen LogP contribution in [0.2, 0.25) is 0 Å². The SMILES string of the molecule is CC(=O)c1ccccc1OCC1CCN(c2ccc(CC(=O)c3oc(N4CCC(c5ccccc5)CC4)nc3C(F)(F)F)cn2)CC1. The van der Waals surface area contributed by atoms with Crippen molar-refractivity contribution < 1.29 is 31.9 Å². The molecule has 0 unspecified atom stereocenters. The molecule has 0 amide bonds. The molecule has 2 aliphatic heterocycles. The van der Waals surface area contributed by atoms with Crippen LogP contribution in [0.3, 0.4) is 0 Å². The smallest absolute Gasteiger partial charge is 0.437 e. The monoisotopic (exact) mass is 646 g/mol. The summed E-state index contributed by atoms with van der Waals surface area (Å²) >= 11 is 0. The Hall–Kier alpha value is -4.67. The van der Waals surface area contributed by atoms with Crippen LogP contribution in [0.5, 0.6) is 5.75 Å². The average molecular weight is 647 g/mol. The number of hydrogen-bond acceptors (Lipinski definition) is 8. The number of alkyl halides is 3. The van der Waals surface area contributed by atoms with Gasteiger partial charge in [-0.3, -0.25) is 9.59 Å². The first kappa shape index (κ1) is 32.3. The maximum absolute atomic E-state index is 13.9. The fourth-order valence-corrected chi connectivity index (χ4v) is 6.35. The molecule has 8 nitrogen and oxygen atoms in total. The molecule has 0 atom stereocenters. The molecule has 4 aromatic rings. The summed E-state index contributed by atoms with van der Waals surface area (Å²) in [6.07, 6.45) is -0.343. The summed E-state index contributed by atoms with van der Waals surface area (Å²) in [5, 5.41) is 0. The molecule has 2 aromatic carbocycles. The van der Waals surface area contributed by atoms with E-state index in [0.29, 0.717) is 48.4 Å². The van der Waals surface area contributed by atoms with Gasteiger partial charge in [0.2, 0.25) is 11.5 Å². The number of halogens is 3. The molecule has 0 bridgehead atoms. The van der Waals surface area contributed by atoms with Crippen LogP contribution in [-0.4, -0.2) is 54.3 Å². The van der Waals surface area contributed by atoms with Crippen molar-refractivity contribution in [3.63, 3.8) is 0 Å². The van der Waals surface area contributed by atoms with Gasteiger partial charge in [0.25, 0.3) is 6.01 Å². The predicted octanol–water partition coefficient (Wildman–Crippen LogP) is 7.40.